The van der Waals surface area contributed by atoms with Crippen molar-refractivity contribution in [3.05, 3.63) is 51.7 Å². The lowest BCUT2D eigenvalue weighted by Gasteiger charge is -2.10. The molecule has 0 fully saturated rings. The number of nitrogens with zero attached hydrogens (tertiary/aromatic N) is 3. The van der Waals surface area contributed by atoms with Crippen LogP contribution < -0.4 is 10.9 Å². The first kappa shape index (κ1) is 14.5. The van der Waals surface area contributed by atoms with E-state index in [1.807, 2.05) is 12.1 Å². The lowest BCUT2D eigenvalue weighted by atomic mass is 10.2. The van der Waals surface area contributed by atoms with Crippen molar-refractivity contribution in [1.29, 1.82) is 0 Å². The fourth-order valence-corrected chi connectivity index (χ4v) is 1.97. The number of aromatic nitrogens is 3. The van der Waals surface area contributed by atoms with Crippen molar-refractivity contribution in [1.82, 2.24) is 14.8 Å². The molecule has 0 spiro atoms. The highest BCUT2D eigenvalue weighted by Crippen LogP contribution is 2.16. The second-order valence-corrected chi connectivity index (χ2v) is 4.84. The molecule has 2 rings (SSSR count). The number of nitrogens with one attached hydrogen (secondary N) is 1. The van der Waals surface area contributed by atoms with Crippen LogP contribution in [0, 0.1) is 0 Å². The normalized spacial score (nSPS) is 10.5. The van der Waals surface area contributed by atoms with Crippen LogP contribution in [-0.2, 0) is 13.1 Å². The molecule has 2 heterocycles. The summed E-state index contributed by atoms with van der Waals surface area (Å²) < 4.78 is 1.41. The van der Waals surface area contributed by atoms with Crippen molar-refractivity contribution < 1.29 is 0 Å². The maximum absolute atomic E-state index is 12.0. The lowest BCUT2D eigenvalue weighted by molar-refractivity contribution is 0.543. The number of hydrogen-bond donors (Lipinski definition) is 1. The lowest BCUT2D eigenvalue weighted by Crippen LogP contribution is -2.24. The van der Waals surface area contributed by atoms with Crippen molar-refractivity contribution in [3.8, 4) is 0 Å². The highest BCUT2D eigenvalue weighted by molar-refractivity contribution is 6.32. The monoisotopic (exact) mass is 292 g/mol. The van der Waals surface area contributed by atoms with Gasteiger partial charge in [-0.1, -0.05) is 24.9 Å². The standard InChI is InChI=1S/C14H17ClN4O/c1-2-3-8-19-14(20)13(15)12(10-18-19)17-9-11-4-6-16-7-5-11/h4-7,10,17H,2-3,8-9H2,1H3. The average Bonchev–Trinajstić information content (AvgIpc) is 2.49. The summed E-state index contributed by atoms with van der Waals surface area (Å²) in [6, 6.07) is 3.80. The van der Waals surface area contributed by atoms with E-state index >= 15 is 0 Å². The van der Waals surface area contributed by atoms with Gasteiger partial charge in [0.05, 0.1) is 11.9 Å². The van der Waals surface area contributed by atoms with Gasteiger partial charge in [0.1, 0.15) is 5.02 Å². The van der Waals surface area contributed by atoms with Crippen LogP contribution in [0.1, 0.15) is 25.3 Å². The van der Waals surface area contributed by atoms with E-state index in [1.165, 1.54) is 4.68 Å². The number of unbranched alkanes of at least 4 members (excludes halogenated alkanes) is 1. The van der Waals surface area contributed by atoms with Crippen molar-refractivity contribution in [3.63, 3.8) is 0 Å². The summed E-state index contributed by atoms with van der Waals surface area (Å²) in [4.78, 5) is 16.0. The molecule has 0 radical (unpaired) electrons. The summed E-state index contributed by atoms with van der Waals surface area (Å²) in [7, 11) is 0. The Morgan fingerprint density at radius 2 is 2.10 bits per heavy atom. The molecule has 5 nitrogen and oxygen atoms in total. The molecule has 0 saturated heterocycles. The molecule has 0 aliphatic rings. The van der Waals surface area contributed by atoms with Gasteiger partial charge in [-0.25, -0.2) is 4.68 Å². The predicted molar refractivity (Wildman–Crippen MR) is 80.0 cm³/mol. The van der Waals surface area contributed by atoms with Gasteiger partial charge in [0.2, 0.25) is 0 Å². The van der Waals surface area contributed by atoms with Gasteiger partial charge in [0.15, 0.2) is 0 Å². The first-order chi connectivity index (χ1) is 9.72. The number of anilines is 1. The molecule has 106 valence electrons. The van der Waals surface area contributed by atoms with Crippen LogP contribution in [0.25, 0.3) is 0 Å². The summed E-state index contributed by atoms with van der Waals surface area (Å²) in [5.74, 6) is 0. The molecular formula is C14H17ClN4O. The van der Waals surface area contributed by atoms with Crippen LogP contribution in [0.5, 0.6) is 0 Å². The molecule has 2 aromatic heterocycles. The molecule has 0 aromatic carbocycles. The SMILES string of the molecule is CCCCn1ncc(NCc2ccncc2)c(Cl)c1=O. The van der Waals surface area contributed by atoms with E-state index in [2.05, 4.69) is 22.3 Å². The quantitative estimate of drug-likeness (QED) is 0.889. The largest absolute Gasteiger partial charge is 0.378 e. The van der Waals surface area contributed by atoms with E-state index in [1.54, 1.807) is 18.6 Å². The van der Waals surface area contributed by atoms with Gasteiger partial charge < -0.3 is 5.32 Å². The minimum atomic E-state index is -0.250. The van der Waals surface area contributed by atoms with E-state index in [-0.39, 0.29) is 10.6 Å². The van der Waals surface area contributed by atoms with E-state index in [0.29, 0.717) is 18.8 Å². The van der Waals surface area contributed by atoms with Gasteiger partial charge in [-0.15, -0.1) is 0 Å². The molecule has 2 aromatic rings. The first-order valence-electron chi connectivity index (χ1n) is 6.60. The van der Waals surface area contributed by atoms with Crippen molar-refractivity contribution >= 4 is 17.3 Å². The fourth-order valence-electron chi connectivity index (χ4n) is 1.75. The van der Waals surface area contributed by atoms with Crippen LogP contribution in [0.3, 0.4) is 0 Å². The number of pyridine rings is 1. The molecule has 0 aliphatic carbocycles. The summed E-state index contributed by atoms with van der Waals surface area (Å²) in [5, 5.41) is 7.44. The van der Waals surface area contributed by atoms with Gasteiger partial charge in [0, 0.05) is 25.5 Å². The molecule has 20 heavy (non-hydrogen) atoms. The van der Waals surface area contributed by atoms with E-state index in [0.717, 1.165) is 18.4 Å². The van der Waals surface area contributed by atoms with Crippen LogP contribution in [-0.4, -0.2) is 14.8 Å². The third-order valence-corrected chi connectivity index (χ3v) is 3.31. The number of halogens is 1. The minimum Gasteiger partial charge on any atom is -0.378 e. The molecule has 6 heteroatoms. The second-order valence-electron chi connectivity index (χ2n) is 4.46. The smallest absolute Gasteiger partial charge is 0.287 e. The zero-order chi connectivity index (χ0) is 14.4. The van der Waals surface area contributed by atoms with Gasteiger partial charge in [-0.3, -0.25) is 9.78 Å². The molecule has 0 saturated carbocycles. The van der Waals surface area contributed by atoms with Crippen molar-refractivity contribution in [2.24, 2.45) is 0 Å². The highest BCUT2D eigenvalue weighted by Gasteiger charge is 2.08. The molecule has 0 aliphatic heterocycles. The average molecular weight is 293 g/mol. The summed E-state index contributed by atoms with van der Waals surface area (Å²) in [6.45, 7) is 3.24. The molecule has 0 atom stereocenters. The number of rotatable bonds is 6. The third-order valence-electron chi connectivity index (χ3n) is 2.94. The molecule has 0 unspecified atom stereocenters. The van der Waals surface area contributed by atoms with Crippen molar-refractivity contribution in [2.45, 2.75) is 32.9 Å². The maximum Gasteiger partial charge on any atom is 0.287 e. The number of aryl methyl sites for hydroxylation is 1. The Labute approximate surface area is 122 Å². The molecular weight excluding hydrogens is 276 g/mol. The second kappa shape index (κ2) is 7.05. The van der Waals surface area contributed by atoms with Gasteiger partial charge >= 0.3 is 0 Å². The Morgan fingerprint density at radius 3 is 2.80 bits per heavy atom. The number of hydrogen-bond acceptors (Lipinski definition) is 4. The summed E-state index contributed by atoms with van der Waals surface area (Å²) in [6.07, 6.45) is 6.96. The van der Waals surface area contributed by atoms with Crippen LogP contribution >= 0.6 is 11.6 Å². The Bertz CT molecular complexity index is 612. The molecule has 1 N–H and O–H groups in total. The van der Waals surface area contributed by atoms with E-state index in [9.17, 15) is 4.79 Å². The fraction of sp³-hybridized carbons (Fsp3) is 0.357. The zero-order valence-corrected chi connectivity index (χ0v) is 12.1. The maximum atomic E-state index is 12.0. The minimum absolute atomic E-state index is 0.185. The predicted octanol–water partition coefficient (Wildman–Crippen LogP) is 2.70. The van der Waals surface area contributed by atoms with Crippen LogP contribution in [0.15, 0.2) is 35.5 Å². The highest BCUT2D eigenvalue weighted by atomic mass is 35.5. The van der Waals surface area contributed by atoms with Crippen LogP contribution in [0.2, 0.25) is 5.02 Å². The molecule has 0 bridgehead atoms. The van der Waals surface area contributed by atoms with E-state index < -0.39 is 0 Å². The Kier molecular flexibility index (Phi) is 5.12. The van der Waals surface area contributed by atoms with Crippen LogP contribution in [0.4, 0.5) is 5.69 Å². The summed E-state index contributed by atoms with van der Waals surface area (Å²) in [5.41, 5.74) is 1.37. The summed E-state index contributed by atoms with van der Waals surface area (Å²) >= 11 is 6.10. The van der Waals surface area contributed by atoms with Gasteiger partial charge in [-0.05, 0) is 24.1 Å². The zero-order valence-electron chi connectivity index (χ0n) is 11.3. The molecule has 0 amide bonds. The Balaban J connectivity index is 2.09. The van der Waals surface area contributed by atoms with Gasteiger partial charge in [-0.2, -0.15) is 5.10 Å². The topological polar surface area (TPSA) is 59.8 Å². The first-order valence-corrected chi connectivity index (χ1v) is 6.98. The third kappa shape index (κ3) is 3.57. The Hall–Kier alpha value is -1.88. The van der Waals surface area contributed by atoms with E-state index in [4.69, 9.17) is 11.6 Å². The van der Waals surface area contributed by atoms with Crippen molar-refractivity contribution in [2.75, 3.05) is 5.32 Å². The van der Waals surface area contributed by atoms with Gasteiger partial charge in [0.25, 0.3) is 5.56 Å². The Morgan fingerprint density at radius 1 is 1.35 bits per heavy atom.